The number of rotatable bonds is 4. The van der Waals surface area contributed by atoms with E-state index in [1.165, 1.54) is 4.31 Å². The van der Waals surface area contributed by atoms with Crippen LogP contribution in [0.5, 0.6) is 0 Å². The molecule has 2 aromatic carbocycles. The Balaban J connectivity index is 1.38. The second kappa shape index (κ2) is 9.27. The first-order valence-electron chi connectivity index (χ1n) is 10.5. The molecule has 0 amide bonds. The highest BCUT2D eigenvalue weighted by molar-refractivity contribution is 9.10. The lowest BCUT2D eigenvalue weighted by Crippen LogP contribution is -2.51. The summed E-state index contributed by atoms with van der Waals surface area (Å²) in [6, 6.07) is 9.00. The summed E-state index contributed by atoms with van der Waals surface area (Å²) < 4.78 is 54.7. The average molecular weight is 550 g/mol. The molecule has 5 nitrogen and oxygen atoms in total. The summed E-state index contributed by atoms with van der Waals surface area (Å²) in [7, 11) is -4.08. The minimum Gasteiger partial charge on any atom is -0.385 e. The topological polar surface area (TPSA) is 60.9 Å². The first kappa shape index (κ1) is 24.0. The number of aliphatic hydroxyl groups is 1. The van der Waals surface area contributed by atoms with Crippen molar-refractivity contribution in [1.29, 1.82) is 0 Å². The molecule has 0 radical (unpaired) electrons. The molecule has 0 bridgehead atoms. The fraction of sp³-hybridized carbons (Fsp3) is 0.455. The molecule has 4 rings (SSSR count). The van der Waals surface area contributed by atoms with Crippen molar-refractivity contribution in [2.45, 2.75) is 42.2 Å². The Bertz CT molecular complexity index is 1060. The quantitative estimate of drug-likeness (QED) is 0.609. The van der Waals surface area contributed by atoms with Crippen molar-refractivity contribution in [3.05, 3.63) is 63.1 Å². The summed E-state index contributed by atoms with van der Waals surface area (Å²) in [5.74, 6) is -1.94. The summed E-state index contributed by atoms with van der Waals surface area (Å²) in [6.45, 7) is 1.92. The van der Waals surface area contributed by atoms with Crippen LogP contribution in [-0.2, 0) is 15.6 Å². The van der Waals surface area contributed by atoms with Gasteiger partial charge in [-0.15, -0.1) is 0 Å². The van der Waals surface area contributed by atoms with Gasteiger partial charge in [-0.1, -0.05) is 23.7 Å². The molecule has 2 aliphatic heterocycles. The van der Waals surface area contributed by atoms with Gasteiger partial charge in [0.15, 0.2) is 0 Å². The Kier molecular flexibility index (Phi) is 6.96. The standard InChI is InChI=1S/C22H24BrClF2N2O3S/c23-19-13-17(25)14-20(26)21(19)32(30,31)28-9-5-18(6-10-28)27-11-7-22(29,8-12-27)15-1-3-16(24)4-2-15/h1-4,13-14,18,29H,5-12H2. The third kappa shape index (κ3) is 4.74. The molecule has 0 spiro atoms. The number of piperidine rings is 2. The number of likely N-dealkylation sites (tertiary alicyclic amines) is 1. The van der Waals surface area contributed by atoms with E-state index in [-0.39, 0.29) is 23.6 Å². The van der Waals surface area contributed by atoms with Gasteiger partial charge in [0, 0.05) is 47.8 Å². The van der Waals surface area contributed by atoms with Gasteiger partial charge in [-0.05, 0) is 65.4 Å². The van der Waals surface area contributed by atoms with E-state index in [0.29, 0.717) is 49.9 Å². The van der Waals surface area contributed by atoms with Crippen LogP contribution >= 0.6 is 27.5 Å². The third-order valence-corrected chi connectivity index (χ3v) is 9.62. The minimum atomic E-state index is -4.08. The van der Waals surface area contributed by atoms with Crippen LogP contribution in [0.2, 0.25) is 5.02 Å². The SMILES string of the molecule is O=S(=O)(c1c(F)cc(F)cc1Br)N1CCC(N2CCC(O)(c3ccc(Cl)cc3)CC2)CC1. The van der Waals surface area contributed by atoms with Crippen LogP contribution in [0.15, 0.2) is 45.8 Å². The van der Waals surface area contributed by atoms with Gasteiger partial charge in [0.1, 0.15) is 16.5 Å². The highest BCUT2D eigenvalue weighted by Crippen LogP contribution is 2.36. The first-order chi connectivity index (χ1) is 15.1. The number of hydrogen-bond acceptors (Lipinski definition) is 4. The van der Waals surface area contributed by atoms with Crippen molar-refractivity contribution in [1.82, 2.24) is 9.21 Å². The van der Waals surface area contributed by atoms with Crippen LogP contribution < -0.4 is 0 Å². The number of nitrogens with zero attached hydrogens (tertiary/aromatic N) is 2. The van der Waals surface area contributed by atoms with Gasteiger partial charge in [0.25, 0.3) is 0 Å². The first-order valence-corrected chi connectivity index (χ1v) is 13.1. The van der Waals surface area contributed by atoms with Crippen molar-refractivity contribution < 1.29 is 22.3 Å². The molecule has 2 aromatic rings. The van der Waals surface area contributed by atoms with Crippen LogP contribution in [0.4, 0.5) is 8.78 Å². The van der Waals surface area contributed by atoms with Gasteiger partial charge in [0.2, 0.25) is 10.0 Å². The van der Waals surface area contributed by atoms with E-state index in [4.69, 9.17) is 11.6 Å². The predicted octanol–water partition coefficient (Wildman–Crippen LogP) is 4.52. The second-order valence-corrected chi connectivity index (χ2v) is 11.6. The van der Waals surface area contributed by atoms with Crippen molar-refractivity contribution in [3.8, 4) is 0 Å². The number of sulfonamides is 1. The van der Waals surface area contributed by atoms with Crippen LogP contribution in [0, 0.1) is 11.6 Å². The van der Waals surface area contributed by atoms with Crippen molar-refractivity contribution in [3.63, 3.8) is 0 Å². The van der Waals surface area contributed by atoms with E-state index in [9.17, 15) is 22.3 Å². The highest BCUT2D eigenvalue weighted by atomic mass is 79.9. The lowest BCUT2D eigenvalue weighted by atomic mass is 9.83. The van der Waals surface area contributed by atoms with E-state index in [2.05, 4.69) is 20.8 Å². The minimum absolute atomic E-state index is 0.116. The number of hydrogen-bond donors (Lipinski definition) is 1. The van der Waals surface area contributed by atoms with Gasteiger partial charge in [-0.3, -0.25) is 0 Å². The largest absolute Gasteiger partial charge is 0.385 e. The van der Waals surface area contributed by atoms with E-state index >= 15 is 0 Å². The Morgan fingerprint density at radius 3 is 2.19 bits per heavy atom. The van der Waals surface area contributed by atoms with E-state index in [0.717, 1.165) is 11.6 Å². The summed E-state index contributed by atoms with van der Waals surface area (Å²) >= 11 is 8.93. The molecule has 174 valence electrons. The third-order valence-electron chi connectivity index (χ3n) is 6.51. The second-order valence-electron chi connectivity index (χ2n) is 8.41. The fourth-order valence-electron chi connectivity index (χ4n) is 4.66. The molecule has 32 heavy (non-hydrogen) atoms. The molecule has 0 atom stereocenters. The van der Waals surface area contributed by atoms with Crippen LogP contribution in [0.1, 0.15) is 31.2 Å². The predicted molar refractivity (Wildman–Crippen MR) is 122 cm³/mol. The highest BCUT2D eigenvalue weighted by Gasteiger charge is 2.39. The van der Waals surface area contributed by atoms with Crippen molar-refractivity contribution >= 4 is 37.6 Å². The zero-order valence-electron chi connectivity index (χ0n) is 17.3. The van der Waals surface area contributed by atoms with Crippen molar-refractivity contribution in [2.24, 2.45) is 0 Å². The van der Waals surface area contributed by atoms with Gasteiger partial charge in [0.05, 0.1) is 5.60 Å². The summed E-state index contributed by atoms with van der Waals surface area (Å²) in [4.78, 5) is 1.77. The smallest absolute Gasteiger partial charge is 0.247 e. The molecule has 0 aromatic heterocycles. The maximum absolute atomic E-state index is 14.2. The molecular weight excluding hydrogens is 526 g/mol. The fourth-order valence-corrected chi connectivity index (χ4v) is 7.37. The molecule has 2 fully saturated rings. The van der Waals surface area contributed by atoms with Crippen molar-refractivity contribution in [2.75, 3.05) is 26.2 Å². The maximum atomic E-state index is 14.2. The Morgan fingerprint density at radius 2 is 1.62 bits per heavy atom. The molecule has 1 N–H and O–H groups in total. The molecule has 2 aliphatic rings. The monoisotopic (exact) mass is 548 g/mol. The summed E-state index contributed by atoms with van der Waals surface area (Å²) in [5.41, 5.74) is -0.0355. The van der Waals surface area contributed by atoms with Gasteiger partial charge < -0.3 is 10.0 Å². The van der Waals surface area contributed by atoms with Crippen LogP contribution in [0.3, 0.4) is 0 Å². The van der Waals surface area contributed by atoms with Crippen LogP contribution in [-0.4, -0.2) is 55.0 Å². The lowest BCUT2D eigenvalue weighted by molar-refractivity contribution is -0.0400. The van der Waals surface area contributed by atoms with Gasteiger partial charge >= 0.3 is 0 Å². The number of benzene rings is 2. The molecule has 0 aliphatic carbocycles. The van der Waals surface area contributed by atoms with Crippen LogP contribution in [0.25, 0.3) is 0 Å². The van der Waals surface area contributed by atoms with E-state index in [1.54, 1.807) is 12.1 Å². The Labute approximate surface area is 200 Å². The summed E-state index contributed by atoms with van der Waals surface area (Å²) in [6.07, 6.45) is 2.39. The molecule has 0 unspecified atom stereocenters. The molecule has 10 heteroatoms. The van der Waals surface area contributed by atoms with E-state index in [1.807, 2.05) is 12.1 Å². The Morgan fingerprint density at radius 1 is 1.03 bits per heavy atom. The van der Waals surface area contributed by atoms with E-state index < -0.39 is 32.2 Å². The number of halogens is 4. The maximum Gasteiger partial charge on any atom is 0.247 e. The zero-order chi connectivity index (χ0) is 23.1. The van der Waals surface area contributed by atoms with Gasteiger partial charge in [-0.2, -0.15) is 4.31 Å². The van der Waals surface area contributed by atoms with Gasteiger partial charge in [-0.25, -0.2) is 17.2 Å². The normalized spacial score (nSPS) is 21.0. The lowest BCUT2D eigenvalue weighted by Gasteiger charge is -2.44. The summed E-state index contributed by atoms with van der Waals surface area (Å²) in [5, 5.41) is 11.7. The molecular formula is C22H24BrClF2N2O3S. The molecule has 0 saturated carbocycles. The zero-order valence-corrected chi connectivity index (χ0v) is 20.4. The Hall–Kier alpha value is -1.10. The molecule has 2 saturated heterocycles. The molecule has 2 heterocycles. The average Bonchev–Trinajstić information content (AvgIpc) is 2.74.